The highest BCUT2D eigenvalue weighted by atomic mass is 16.5. The van der Waals surface area contributed by atoms with Gasteiger partial charge in [-0.25, -0.2) is 4.98 Å². The smallest absolute Gasteiger partial charge is 0.246 e. The number of aromatic amines is 1. The molecule has 0 saturated carbocycles. The monoisotopic (exact) mass is 356 g/mol. The van der Waals surface area contributed by atoms with Crippen molar-refractivity contribution in [1.29, 1.82) is 0 Å². The standard InChI is InChI=1S/C19H24N4O3/c1-3-17(25)23-9-4-5-13(12-23)22-15-6-8-20-19-18(15)14(11-21-19)16(24)7-10-26-2/h3,6,8,11,13H,1,4-5,7,9-10,12H2,2H3,(H2,20,21,22)/t13-/m1/s1. The molecule has 7 nitrogen and oxygen atoms in total. The predicted octanol–water partition coefficient (Wildman–Crippen LogP) is 2.37. The number of fused-ring (bicyclic) bond motifs is 1. The number of nitrogens with zero attached hydrogens (tertiary/aromatic N) is 2. The molecule has 0 radical (unpaired) electrons. The van der Waals surface area contributed by atoms with Crippen molar-refractivity contribution in [2.75, 3.05) is 32.1 Å². The summed E-state index contributed by atoms with van der Waals surface area (Å²) in [6.45, 7) is 5.31. The first kappa shape index (κ1) is 18.1. The Kier molecular flexibility index (Phi) is 5.68. The molecule has 1 atom stereocenters. The zero-order valence-electron chi connectivity index (χ0n) is 15.0. The van der Waals surface area contributed by atoms with E-state index in [2.05, 4.69) is 21.9 Å². The molecular formula is C19H24N4O3. The van der Waals surface area contributed by atoms with Crippen molar-refractivity contribution in [3.8, 4) is 0 Å². The number of piperidine rings is 1. The van der Waals surface area contributed by atoms with Gasteiger partial charge in [-0.05, 0) is 25.0 Å². The fourth-order valence-electron chi connectivity index (χ4n) is 3.37. The van der Waals surface area contributed by atoms with E-state index in [1.165, 1.54) is 6.08 Å². The summed E-state index contributed by atoms with van der Waals surface area (Å²) in [4.78, 5) is 33.6. The lowest BCUT2D eigenvalue weighted by Gasteiger charge is -2.33. The fourth-order valence-corrected chi connectivity index (χ4v) is 3.37. The molecule has 2 aromatic heterocycles. The number of nitrogens with one attached hydrogen (secondary N) is 2. The SMILES string of the molecule is C=CC(=O)N1CCC[C@@H](Nc2ccnc3[nH]cc(C(=O)CCOC)c23)C1. The van der Waals surface area contributed by atoms with Crippen LogP contribution in [0, 0.1) is 0 Å². The minimum atomic E-state index is -0.0477. The molecule has 3 heterocycles. The summed E-state index contributed by atoms with van der Waals surface area (Å²) < 4.78 is 5.01. The quantitative estimate of drug-likeness (QED) is 0.587. The molecule has 2 N–H and O–H groups in total. The van der Waals surface area contributed by atoms with Crippen molar-refractivity contribution in [3.05, 3.63) is 36.7 Å². The highest BCUT2D eigenvalue weighted by molar-refractivity contribution is 6.11. The van der Waals surface area contributed by atoms with Gasteiger partial charge in [0.15, 0.2) is 5.78 Å². The van der Waals surface area contributed by atoms with Gasteiger partial charge in [0.1, 0.15) is 5.65 Å². The second-order valence-electron chi connectivity index (χ2n) is 6.42. The summed E-state index contributed by atoms with van der Waals surface area (Å²) >= 11 is 0. The predicted molar refractivity (Wildman–Crippen MR) is 100 cm³/mol. The molecular weight excluding hydrogens is 332 g/mol. The maximum absolute atomic E-state index is 12.5. The number of methoxy groups -OCH3 is 1. The Labute approximate surface area is 152 Å². The van der Waals surface area contributed by atoms with Crippen molar-refractivity contribution in [2.24, 2.45) is 0 Å². The van der Waals surface area contributed by atoms with Crippen LogP contribution in [0.2, 0.25) is 0 Å². The van der Waals surface area contributed by atoms with Crippen LogP contribution in [0.25, 0.3) is 11.0 Å². The number of aromatic nitrogens is 2. The molecule has 0 aliphatic carbocycles. The molecule has 0 bridgehead atoms. The maximum atomic E-state index is 12.5. The zero-order chi connectivity index (χ0) is 18.5. The van der Waals surface area contributed by atoms with Crippen LogP contribution >= 0.6 is 0 Å². The first-order valence-corrected chi connectivity index (χ1v) is 8.80. The number of anilines is 1. The van der Waals surface area contributed by atoms with E-state index in [4.69, 9.17) is 4.74 Å². The highest BCUT2D eigenvalue weighted by Crippen LogP contribution is 2.28. The van der Waals surface area contributed by atoms with Gasteiger partial charge in [-0.1, -0.05) is 6.58 Å². The number of ketones is 1. The second kappa shape index (κ2) is 8.14. The Morgan fingerprint density at radius 2 is 2.38 bits per heavy atom. The molecule has 1 amide bonds. The summed E-state index contributed by atoms with van der Waals surface area (Å²) in [7, 11) is 1.58. The van der Waals surface area contributed by atoms with Crippen LogP contribution in [0.3, 0.4) is 0 Å². The molecule has 0 unspecified atom stereocenters. The normalized spacial score (nSPS) is 17.3. The number of pyridine rings is 1. The van der Waals surface area contributed by atoms with Crippen LogP contribution in [-0.2, 0) is 9.53 Å². The average Bonchev–Trinajstić information content (AvgIpc) is 3.11. The van der Waals surface area contributed by atoms with Crippen LogP contribution in [0.1, 0.15) is 29.6 Å². The number of ether oxygens (including phenoxy) is 1. The van der Waals surface area contributed by atoms with E-state index in [0.717, 1.165) is 30.5 Å². The van der Waals surface area contributed by atoms with Crippen LogP contribution in [0.4, 0.5) is 5.69 Å². The van der Waals surface area contributed by atoms with Gasteiger partial charge in [0, 0.05) is 56.3 Å². The molecule has 26 heavy (non-hydrogen) atoms. The van der Waals surface area contributed by atoms with Crippen molar-refractivity contribution >= 4 is 28.4 Å². The van der Waals surface area contributed by atoms with Gasteiger partial charge in [-0.15, -0.1) is 0 Å². The number of rotatable bonds is 7. The fraction of sp³-hybridized carbons (Fsp3) is 0.421. The average molecular weight is 356 g/mol. The van der Waals surface area contributed by atoms with E-state index >= 15 is 0 Å². The minimum absolute atomic E-state index is 0.0151. The topological polar surface area (TPSA) is 87.3 Å². The molecule has 1 aliphatic heterocycles. The Balaban J connectivity index is 1.83. The van der Waals surface area contributed by atoms with Crippen LogP contribution < -0.4 is 5.32 Å². The van der Waals surface area contributed by atoms with Crippen LogP contribution in [-0.4, -0.2) is 59.4 Å². The lowest BCUT2D eigenvalue weighted by Crippen LogP contribution is -2.44. The number of Topliss-reactive ketones (excluding diaryl/α,β-unsaturated/α-hetero) is 1. The van der Waals surface area contributed by atoms with Crippen molar-refractivity contribution in [3.63, 3.8) is 0 Å². The summed E-state index contributed by atoms with van der Waals surface area (Å²) in [5.74, 6) is -0.0327. The van der Waals surface area contributed by atoms with E-state index in [0.29, 0.717) is 30.8 Å². The van der Waals surface area contributed by atoms with Gasteiger partial charge in [0.05, 0.1) is 12.0 Å². The van der Waals surface area contributed by atoms with Gasteiger partial charge in [-0.3, -0.25) is 9.59 Å². The lowest BCUT2D eigenvalue weighted by atomic mass is 10.0. The lowest BCUT2D eigenvalue weighted by molar-refractivity contribution is -0.127. The van der Waals surface area contributed by atoms with Gasteiger partial charge in [0.2, 0.25) is 5.91 Å². The second-order valence-corrected chi connectivity index (χ2v) is 6.42. The molecule has 2 aromatic rings. The molecule has 1 fully saturated rings. The van der Waals surface area contributed by atoms with E-state index in [-0.39, 0.29) is 17.7 Å². The summed E-state index contributed by atoms with van der Waals surface area (Å²) in [5, 5.41) is 4.29. The Morgan fingerprint density at radius 3 is 3.15 bits per heavy atom. The van der Waals surface area contributed by atoms with Gasteiger partial charge >= 0.3 is 0 Å². The van der Waals surface area contributed by atoms with E-state index in [9.17, 15) is 9.59 Å². The third kappa shape index (κ3) is 3.77. The minimum Gasteiger partial charge on any atom is -0.384 e. The van der Waals surface area contributed by atoms with Gasteiger partial charge < -0.3 is 19.9 Å². The molecule has 0 aromatic carbocycles. The summed E-state index contributed by atoms with van der Waals surface area (Å²) in [6, 6.07) is 1.99. The zero-order valence-corrected chi connectivity index (χ0v) is 15.0. The molecule has 3 rings (SSSR count). The van der Waals surface area contributed by atoms with Crippen LogP contribution in [0.15, 0.2) is 31.1 Å². The van der Waals surface area contributed by atoms with Gasteiger partial charge in [-0.2, -0.15) is 0 Å². The highest BCUT2D eigenvalue weighted by Gasteiger charge is 2.23. The number of likely N-dealkylation sites (tertiary alicyclic amines) is 1. The number of H-pyrrole nitrogens is 1. The first-order chi connectivity index (χ1) is 12.6. The van der Waals surface area contributed by atoms with Gasteiger partial charge in [0.25, 0.3) is 0 Å². The number of amides is 1. The molecule has 7 heteroatoms. The van der Waals surface area contributed by atoms with E-state index in [1.807, 2.05) is 6.07 Å². The number of carbonyl (C=O) groups is 2. The molecule has 138 valence electrons. The number of hydrogen-bond acceptors (Lipinski definition) is 5. The third-order valence-corrected chi connectivity index (χ3v) is 4.67. The summed E-state index contributed by atoms with van der Waals surface area (Å²) in [6.07, 6.45) is 6.98. The molecule has 1 aliphatic rings. The molecule has 0 spiro atoms. The maximum Gasteiger partial charge on any atom is 0.246 e. The van der Waals surface area contributed by atoms with Crippen molar-refractivity contribution in [2.45, 2.75) is 25.3 Å². The van der Waals surface area contributed by atoms with E-state index < -0.39 is 0 Å². The third-order valence-electron chi connectivity index (χ3n) is 4.67. The molecule has 1 saturated heterocycles. The largest absolute Gasteiger partial charge is 0.384 e. The van der Waals surface area contributed by atoms with E-state index in [1.54, 1.807) is 24.4 Å². The Morgan fingerprint density at radius 1 is 1.54 bits per heavy atom. The van der Waals surface area contributed by atoms with Crippen LogP contribution in [0.5, 0.6) is 0 Å². The van der Waals surface area contributed by atoms with Crippen molar-refractivity contribution in [1.82, 2.24) is 14.9 Å². The number of hydrogen-bond donors (Lipinski definition) is 2. The number of carbonyl (C=O) groups excluding carboxylic acids is 2. The Bertz CT molecular complexity index is 814. The van der Waals surface area contributed by atoms with Crippen molar-refractivity contribution < 1.29 is 14.3 Å². The first-order valence-electron chi connectivity index (χ1n) is 8.80. The Hall–Kier alpha value is -2.67. The summed E-state index contributed by atoms with van der Waals surface area (Å²) in [5.41, 5.74) is 2.14.